The fourth-order valence-electron chi connectivity index (χ4n) is 1.60. The summed E-state index contributed by atoms with van der Waals surface area (Å²) in [5.74, 6) is -0.558. The number of carboxylic acid groups (broad SMARTS) is 1. The Kier molecular flexibility index (Phi) is 4.58. The standard InChI is InChI=1S/C14H9BrCl2O3/c1-7-2-3-12(8(4-7)14(18)19)20-13-6-10(16)9(15)5-11(13)17/h2-6H,1H3,(H,18,19). The van der Waals surface area contributed by atoms with Crippen molar-refractivity contribution in [3.63, 3.8) is 0 Å². The van der Waals surface area contributed by atoms with Crippen LogP contribution in [0.4, 0.5) is 0 Å². The highest BCUT2D eigenvalue weighted by Gasteiger charge is 2.14. The van der Waals surface area contributed by atoms with Gasteiger partial charge in [-0.1, -0.05) is 34.8 Å². The molecule has 3 nitrogen and oxygen atoms in total. The van der Waals surface area contributed by atoms with E-state index in [1.165, 1.54) is 12.1 Å². The molecule has 0 aliphatic carbocycles. The molecule has 0 atom stereocenters. The van der Waals surface area contributed by atoms with E-state index in [9.17, 15) is 9.90 Å². The highest BCUT2D eigenvalue weighted by Crippen LogP contribution is 2.37. The van der Waals surface area contributed by atoms with Gasteiger partial charge in [0, 0.05) is 10.5 Å². The van der Waals surface area contributed by atoms with Crippen LogP contribution >= 0.6 is 39.1 Å². The zero-order valence-electron chi connectivity index (χ0n) is 10.3. The molecule has 0 radical (unpaired) electrons. The van der Waals surface area contributed by atoms with Crippen LogP contribution in [0.15, 0.2) is 34.8 Å². The summed E-state index contributed by atoms with van der Waals surface area (Å²) in [5, 5.41) is 9.95. The van der Waals surface area contributed by atoms with Crippen molar-refractivity contribution in [1.82, 2.24) is 0 Å². The van der Waals surface area contributed by atoms with Crippen molar-refractivity contribution in [3.05, 3.63) is 56.0 Å². The Bertz CT molecular complexity index is 686. The summed E-state index contributed by atoms with van der Waals surface area (Å²) in [4.78, 5) is 11.2. The van der Waals surface area contributed by atoms with E-state index in [0.29, 0.717) is 20.3 Å². The first-order valence-corrected chi connectivity index (χ1v) is 7.09. The molecule has 6 heteroatoms. The number of ether oxygens (including phenoxy) is 1. The molecule has 0 heterocycles. The van der Waals surface area contributed by atoms with E-state index < -0.39 is 5.97 Å². The molecule has 2 rings (SSSR count). The van der Waals surface area contributed by atoms with Gasteiger partial charge in [0.2, 0.25) is 0 Å². The number of aryl methyl sites for hydroxylation is 1. The van der Waals surface area contributed by atoms with E-state index in [4.69, 9.17) is 27.9 Å². The number of rotatable bonds is 3. The Morgan fingerprint density at radius 1 is 1.15 bits per heavy atom. The van der Waals surface area contributed by atoms with Crippen molar-refractivity contribution < 1.29 is 14.6 Å². The van der Waals surface area contributed by atoms with Crippen molar-refractivity contribution in [2.24, 2.45) is 0 Å². The maximum Gasteiger partial charge on any atom is 0.339 e. The van der Waals surface area contributed by atoms with Crippen LogP contribution in [0.25, 0.3) is 0 Å². The Labute approximate surface area is 134 Å². The Hall–Kier alpha value is -1.23. The molecule has 0 fully saturated rings. The van der Waals surface area contributed by atoms with E-state index in [2.05, 4.69) is 15.9 Å². The monoisotopic (exact) mass is 374 g/mol. The number of hydrogen-bond donors (Lipinski definition) is 1. The number of carboxylic acids is 1. The van der Waals surface area contributed by atoms with Gasteiger partial charge in [0.15, 0.2) is 0 Å². The summed E-state index contributed by atoms with van der Waals surface area (Å²) in [7, 11) is 0. The average molecular weight is 376 g/mol. The van der Waals surface area contributed by atoms with Crippen molar-refractivity contribution in [1.29, 1.82) is 0 Å². The van der Waals surface area contributed by atoms with Crippen LogP contribution in [0, 0.1) is 6.92 Å². The largest absolute Gasteiger partial charge is 0.478 e. The summed E-state index contributed by atoms with van der Waals surface area (Å²) in [6.45, 7) is 1.81. The van der Waals surface area contributed by atoms with E-state index in [1.54, 1.807) is 25.1 Å². The molecule has 0 aromatic heterocycles. The summed E-state index contributed by atoms with van der Waals surface area (Å²) in [6, 6.07) is 8.00. The van der Waals surface area contributed by atoms with Gasteiger partial charge in [-0.25, -0.2) is 4.79 Å². The second-order valence-electron chi connectivity index (χ2n) is 4.10. The highest BCUT2D eigenvalue weighted by atomic mass is 79.9. The first kappa shape index (κ1) is 15.2. The fourth-order valence-corrected chi connectivity index (χ4v) is 2.43. The highest BCUT2D eigenvalue weighted by molar-refractivity contribution is 9.10. The number of carbonyl (C=O) groups is 1. The average Bonchev–Trinajstić information content (AvgIpc) is 2.37. The maximum atomic E-state index is 11.2. The van der Waals surface area contributed by atoms with Crippen molar-refractivity contribution >= 4 is 45.1 Å². The fraction of sp³-hybridized carbons (Fsp3) is 0.0714. The van der Waals surface area contributed by atoms with Gasteiger partial charge in [0.1, 0.15) is 17.1 Å². The van der Waals surface area contributed by atoms with Gasteiger partial charge in [-0.05, 0) is 41.1 Å². The SMILES string of the molecule is Cc1ccc(Oc2cc(Cl)c(Br)cc2Cl)c(C(=O)O)c1. The second-order valence-corrected chi connectivity index (χ2v) is 5.77. The van der Waals surface area contributed by atoms with E-state index >= 15 is 0 Å². The zero-order valence-corrected chi connectivity index (χ0v) is 13.4. The zero-order chi connectivity index (χ0) is 14.9. The lowest BCUT2D eigenvalue weighted by atomic mass is 10.1. The van der Waals surface area contributed by atoms with Gasteiger partial charge in [-0.2, -0.15) is 0 Å². The van der Waals surface area contributed by atoms with Crippen molar-refractivity contribution in [2.45, 2.75) is 6.92 Å². The smallest absolute Gasteiger partial charge is 0.339 e. The molecule has 0 unspecified atom stereocenters. The summed E-state index contributed by atoms with van der Waals surface area (Å²) >= 11 is 15.3. The van der Waals surface area contributed by atoms with Gasteiger partial charge >= 0.3 is 5.97 Å². The van der Waals surface area contributed by atoms with Crippen LogP contribution in [0.2, 0.25) is 10.0 Å². The molecule has 0 amide bonds. The lowest BCUT2D eigenvalue weighted by Crippen LogP contribution is -2.00. The van der Waals surface area contributed by atoms with E-state index in [1.807, 2.05) is 0 Å². The minimum atomic E-state index is -1.07. The lowest BCUT2D eigenvalue weighted by Gasteiger charge is -2.11. The normalized spacial score (nSPS) is 10.4. The van der Waals surface area contributed by atoms with Gasteiger partial charge in [-0.3, -0.25) is 0 Å². The van der Waals surface area contributed by atoms with E-state index in [-0.39, 0.29) is 11.3 Å². The maximum absolute atomic E-state index is 11.2. The second kappa shape index (κ2) is 6.04. The molecule has 104 valence electrons. The predicted molar refractivity (Wildman–Crippen MR) is 82.4 cm³/mol. The minimum absolute atomic E-state index is 0.0695. The van der Waals surface area contributed by atoms with Crippen LogP contribution in [-0.2, 0) is 0 Å². The van der Waals surface area contributed by atoms with Crippen molar-refractivity contribution in [2.75, 3.05) is 0 Å². The number of hydrogen-bond acceptors (Lipinski definition) is 2. The quantitative estimate of drug-likeness (QED) is 0.714. The lowest BCUT2D eigenvalue weighted by molar-refractivity contribution is 0.0694. The molecular weight excluding hydrogens is 367 g/mol. The minimum Gasteiger partial charge on any atom is -0.478 e. The summed E-state index contributed by atoms with van der Waals surface area (Å²) in [5.41, 5.74) is 0.898. The number of benzene rings is 2. The molecule has 20 heavy (non-hydrogen) atoms. The third-order valence-corrected chi connectivity index (χ3v) is 4.05. The first-order valence-electron chi connectivity index (χ1n) is 5.55. The molecule has 0 aliphatic heterocycles. The predicted octanol–water partition coefficient (Wildman–Crippen LogP) is 5.55. The third kappa shape index (κ3) is 3.26. The van der Waals surface area contributed by atoms with Gasteiger partial charge in [-0.15, -0.1) is 0 Å². The van der Waals surface area contributed by atoms with Crippen LogP contribution in [0.3, 0.4) is 0 Å². The summed E-state index contributed by atoms with van der Waals surface area (Å²) in [6.07, 6.45) is 0. The molecule has 0 bridgehead atoms. The molecule has 0 saturated carbocycles. The topological polar surface area (TPSA) is 46.5 Å². The van der Waals surface area contributed by atoms with Crippen LogP contribution in [0.5, 0.6) is 11.5 Å². The van der Waals surface area contributed by atoms with E-state index in [0.717, 1.165) is 5.56 Å². The van der Waals surface area contributed by atoms with Gasteiger partial charge in [0.25, 0.3) is 0 Å². The molecule has 0 saturated heterocycles. The Balaban J connectivity index is 2.45. The van der Waals surface area contributed by atoms with Crippen molar-refractivity contribution in [3.8, 4) is 11.5 Å². The van der Waals surface area contributed by atoms with Gasteiger partial charge in [0.05, 0.1) is 10.0 Å². The first-order chi connectivity index (χ1) is 9.38. The Morgan fingerprint density at radius 2 is 1.85 bits per heavy atom. The molecule has 2 aromatic carbocycles. The molecule has 0 aliphatic rings. The third-order valence-electron chi connectivity index (χ3n) is 2.56. The molecule has 1 N–H and O–H groups in total. The van der Waals surface area contributed by atoms with Gasteiger partial charge < -0.3 is 9.84 Å². The molecule has 2 aromatic rings. The van der Waals surface area contributed by atoms with Crippen LogP contribution < -0.4 is 4.74 Å². The van der Waals surface area contributed by atoms with Crippen LogP contribution in [-0.4, -0.2) is 11.1 Å². The Morgan fingerprint density at radius 3 is 2.50 bits per heavy atom. The number of aromatic carboxylic acids is 1. The summed E-state index contributed by atoms with van der Waals surface area (Å²) < 4.78 is 6.21. The molecule has 0 spiro atoms. The number of halogens is 3. The molecular formula is C14H9BrCl2O3. The van der Waals surface area contributed by atoms with Crippen LogP contribution in [0.1, 0.15) is 15.9 Å².